The topological polar surface area (TPSA) is 73.6 Å². The molecule has 3 N–H and O–H groups in total. The Balaban J connectivity index is 2.60. The molecular weight excluding hydrogens is 208 g/mol. The molecule has 0 bridgehead atoms. The minimum absolute atomic E-state index is 0.122. The van der Waals surface area contributed by atoms with Gasteiger partial charge in [-0.1, -0.05) is 6.92 Å². The number of carbonyl (C=O) groups is 1. The van der Waals surface area contributed by atoms with Crippen molar-refractivity contribution in [1.82, 2.24) is 5.32 Å². The van der Waals surface area contributed by atoms with E-state index in [9.17, 15) is 4.79 Å². The third-order valence-electron chi connectivity index (χ3n) is 3.16. The van der Waals surface area contributed by atoms with Crippen LogP contribution in [0, 0.1) is 0 Å². The summed E-state index contributed by atoms with van der Waals surface area (Å²) in [7, 11) is 1.64. The third kappa shape index (κ3) is 3.17. The number of methoxy groups -OCH3 is 1. The Labute approximate surface area is 96.7 Å². The van der Waals surface area contributed by atoms with Gasteiger partial charge in [-0.2, -0.15) is 0 Å². The lowest BCUT2D eigenvalue weighted by Crippen LogP contribution is -2.60. The minimum atomic E-state index is -0.614. The van der Waals surface area contributed by atoms with E-state index < -0.39 is 5.54 Å². The fourth-order valence-electron chi connectivity index (χ4n) is 2.08. The van der Waals surface area contributed by atoms with Crippen LogP contribution in [-0.4, -0.2) is 44.4 Å². The molecule has 0 aliphatic carbocycles. The first-order valence-electron chi connectivity index (χ1n) is 5.80. The Kier molecular flexibility index (Phi) is 5.18. The minimum Gasteiger partial charge on any atom is -0.383 e. The molecule has 0 aromatic carbocycles. The van der Waals surface area contributed by atoms with E-state index in [1.165, 1.54) is 0 Å². The molecule has 1 amide bonds. The van der Waals surface area contributed by atoms with Crippen LogP contribution < -0.4 is 11.1 Å². The standard InChI is InChI=1S/C11H22N2O3/c1-3-9-8-11(10(12)14,4-6-16-9)13-5-7-15-2/h9,13H,3-8H2,1-2H3,(H2,12,14). The lowest BCUT2D eigenvalue weighted by Gasteiger charge is -2.39. The van der Waals surface area contributed by atoms with Crippen molar-refractivity contribution in [3.63, 3.8) is 0 Å². The molecule has 2 atom stereocenters. The van der Waals surface area contributed by atoms with Gasteiger partial charge in [0.2, 0.25) is 5.91 Å². The molecule has 0 radical (unpaired) electrons. The van der Waals surface area contributed by atoms with Gasteiger partial charge in [0.05, 0.1) is 12.7 Å². The smallest absolute Gasteiger partial charge is 0.237 e. The molecule has 0 aromatic heterocycles. The first-order chi connectivity index (χ1) is 7.64. The van der Waals surface area contributed by atoms with Gasteiger partial charge in [-0.3, -0.25) is 4.79 Å². The lowest BCUT2D eigenvalue weighted by molar-refractivity contribution is -0.131. The van der Waals surface area contributed by atoms with Crippen LogP contribution in [0.1, 0.15) is 26.2 Å². The monoisotopic (exact) mass is 230 g/mol. The van der Waals surface area contributed by atoms with Gasteiger partial charge in [-0.05, 0) is 12.8 Å². The summed E-state index contributed by atoms with van der Waals surface area (Å²) in [6, 6.07) is 0. The molecule has 5 nitrogen and oxygen atoms in total. The third-order valence-corrected chi connectivity index (χ3v) is 3.16. The number of hydrogen-bond donors (Lipinski definition) is 2. The number of nitrogens with two attached hydrogens (primary N) is 1. The molecule has 0 aromatic rings. The summed E-state index contributed by atoms with van der Waals surface area (Å²) in [5, 5.41) is 3.22. The van der Waals surface area contributed by atoms with Crippen LogP contribution >= 0.6 is 0 Å². The Morgan fingerprint density at radius 1 is 1.69 bits per heavy atom. The average Bonchev–Trinajstić information content (AvgIpc) is 2.29. The second-order valence-corrected chi connectivity index (χ2v) is 4.22. The average molecular weight is 230 g/mol. The van der Waals surface area contributed by atoms with Crippen molar-refractivity contribution in [2.75, 3.05) is 26.9 Å². The molecule has 16 heavy (non-hydrogen) atoms. The Bertz CT molecular complexity index is 235. The number of hydrogen-bond acceptors (Lipinski definition) is 4. The maximum atomic E-state index is 11.6. The van der Waals surface area contributed by atoms with Crippen LogP contribution in [0.5, 0.6) is 0 Å². The summed E-state index contributed by atoms with van der Waals surface area (Å²) in [4.78, 5) is 11.6. The molecule has 1 saturated heterocycles. The van der Waals surface area contributed by atoms with Crippen LogP contribution in [0.2, 0.25) is 0 Å². The van der Waals surface area contributed by atoms with E-state index in [0.29, 0.717) is 32.6 Å². The number of primary amides is 1. The Hall–Kier alpha value is -0.650. The number of rotatable bonds is 6. The highest BCUT2D eigenvalue weighted by atomic mass is 16.5. The van der Waals surface area contributed by atoms with Gasteiger partial charge < -0.3 is 20.5 Å². The summed E-state index contributed by atoms with van der Waals surface area (Å²) in [5.41, 5.74) is 4.89. The summed E-state index contributed by atoms with van der Waals surface area (Å²) < 4.78 is 10.5. The summed E-state index contributed by atoms with van der Waals surface area (Å²) in [6.07, 6.45) is 2.32. The Morgan fingerprint density at radius 2 is 2.44 bits per heavy atom. The fourth-order valence-corrected chi connectivity index (χ4v) is 2.08. The molecule has 0 saturated carbocycles. The second-order valence-electron chi connectivity index (χ2n) is 4.22. The SMILES string of the molecule is CCC1CC(NCCOC)(C(N)=O)CCO1. The molecule has 0 spiro atoms. The molecule has 1 aliphatic rings. The Morgan fingerprint density at radius 3 is 3.00 bits per heavy atom. The van der Waals surface area contributed by atoms with Crippen molar-refractivity contribution < 1.29 is 14.3 Å². The normalized spacial score (nSPS) is 30.2. The van der Waals surface area contributed by atoms with Gasteiger partial charge in [-0.25, -0.2) is 0 Å². The zero-order chi connectivity index (χ0) is 12.0. The van der Waals surface area contributed by atoms with E-state index in [4.69, 9.17) is 15.2 Å². The zero-order valence-corrected chi connectivity index (χ0v) is 10.1. The van der Waals surface area contributed by atoms with E-state index in [0.717, 1.165) is 6.42 Å². The fraction of sp³-hybridized carbons (Fsp3) is 0.909. The molecule has 5 heteroatoms. The van der Waals surface area contributed by atoms with Crippen molar-refractivity contribution in [3.8, 4) is 0 Å². The molecule has 94 valence electrons. The van der Waals surface area contributed by atoms with Gasteiger partial charge >= 0.3 is 0 Å². The van der Waals surface area contributed by atoms with Crippen molar-refractivity contribution in [2.24, 2.45) is 5.73 Å². The highest BCUT2D eigenvalue weighted by Gasteiger charge is 2.40. The van der Waals surface area contributed by atoms with Crippen LogP contribution in [-0.2, 0) is 14.3 Å². The first kappa shape index (κ1) is 13.4. The van der Waals surface area contributed by atoms with E-state index in [2.05, 4.69) is 12.2 Å². The quantitative estimate of drug-likeness (QED) is 0.632. The maximum Gasteiger partial charge on any atom is 0.237 e. The van der Waals surface area contributed by atoms with Crippen molar-refractivity contribution in [3.05, 3.63) is 0 Å². The lowest BCUT2D eigenvalue weighted by atomic mass is 9.85. The maximum absolute atomic E-state index is 11.6. The molecule has 1 rings (SSSR count). The van der Waals surface area contributed by atoms with Crippen LogP contribution in [0.15, 0.2) is 0 Å². The number of amides is 1. The van der Waals surface area contributed by atoms with E-state index in [-0.39, 0.29) is 12.0 Å². The van der Waals surface area contributed by atoms with Crippen molar-refractivity contribution >= 4 is 5.91 Å². The first-order valence-corrected chi connectivity index (χ1v) is 5.80. The molecule has 1 heterocycles. The molecule has 1 aliphatic heterocycles. The second kappa shape index (κ2) is 6.18. The summed E-state index contributed by atoms with van der Waals surface area (Å²) in [5.74, 6) is -0.287. The van der Waals surface area contributed by atoms with Crippen LogP contribution in [0.4, 0.5) is 0 Å². The van der Waals surface area contributed by atoms with Crippen molar-refractivity contribution in [2.45, 2.75) is 37.8 Å². The molecule has 1 fully saturated rings. The van der Waals surface area contributed by atoms with Crippen LogP contribution in [0.25, 0.3) is 0 Å². The van der Waals surface area contributed by atoms with Gasteiger partial charge in [0, 0.05) is 26.7 Å². The predicted octanol–water partition coefficient (Wildman–Crippen LogP) is 0.0355. The van der Waals surface area contributed by atoms with E-state index in [1.807, 2.05) is 0 Å². The van der Waals surface area contributed by atoms with Gasteiger partial charge in [0.15, 0.2) is 0 Å². The van der Waals surface area contributed by atoms with Gasteiger partial charge in [0.1, 0.15) is 5.54 Å². The van der Waals surface area contributed by atoms with Crippen LogP contribution in [0.3, 0.4) is 0 Å². The molecular formula is C11H22N2O3. The van der Waals surface area contributed by atoms with E-state index >= 15 is 0 Å². The summed E-state index contributed by atoms with van der Waals surface area (Å²) >= 11 is 0. The predicted molar refractivity (Wildman–Crippen MR) is 61.1 cm³/mol. The van der Waals surface area contributed by atoms with E-state index in [1.54, 1.807) is 7.11 Å². The van der Waals surface area contributed by atoms with Gasteiger partial charge in [-0.15, -0.1) is 0 Å². The number of carbonyl (C=O) groups excluding carboxylic acids is 1. The summed E-state index contributed by atoms with van der Waals surface area (Å²) in [6.45, 7) is 3.85. The number of nitrogens with one attached hydrogen (secondary N) is 1. The van der Waals surface area contributed by atoms with Crippen molar-refractivity contribution in [1.29, 1.82) is 0 Å². The highest BCUT2D eigenvalue weighted by molar-refractivity contribution is 5.84. The zero-order valence-electron chi connectivity index (χ0n) is 10.1. The highest BCUT2D eigenvalue weighted by Crippen LogP contribution is 2.26. The number of ether oxygens (including phenoxy) is 2. The largest absolute Gasteiger partial charge is 0.383 e. The van der Waals surface area contributed by atoms with Gasteiger partial charge in [0.25, 0.3) is 0 Å². The molecule has 2 unspecified atom stereocenters.